The molecule has 1 aliphatic heterocycles. The van der Waals surface area contributed by atoms with Crippen molar-refractivity contribution in [2.24, 2.45) is 5.92 Å². The van der Waals surface area contributed by atoms with Crippen LogP contribution in [0.4, 0.5) is 0 Å². The Balaban J connectivity index is 1.68. The van der Waals surface area contributed by atoms with Crippen molar-refractivity contribution in [2.45, 2.75) is 39.2 Å². The van der Waals surface area contributed by atoms with E-state index in [1.54, 1.807) is 6.20 Å². The van der Waals surface area contributed by atoms with Crippen LogP contribution in [-0.4, -0.2) is 24.0 Å². The maximum atomic E-state index is 11.8. The Labute approximate surface area is 115 Å². The van der Waals surface area contributed by atoms with E-state index in [4.69, 9.17) is 0 Å². The zero-order valence-corrected chi connectivity index (χ0v) is 11.6. The van der Waals surface area contributed by atoms with E-state index in [2.05, 4.69) is 15.6 Å². The standard InChI is InChI=1S/C15H23N3O/c1-12-3-2-8-17-14(12)11-18-15(19)5-4-13-6-9-16-10-7-13/h2-3,8,13,16H,4-7,9-11H2,1H3,(H,18,19). The molecule has 0 aromatic carbocycles. The monoisotopic (exact) mass is 261 g/mol. The molecule has 1 saturated heterocycles. The number of pyridine rings is 1. The summed E-state index contributed by atoms with van der Waals surface area (Å²) in [4.78, 5) is 16.1. The molecule has 1 fully saturated rings. The van der Waals surface area contributed by atoms with Gasteiger partial charge in [0.05, 0.1) is 12.2 Å². The minimum atomic E-state index is 0.142. The summed E-state index contributed by atoms with van der Waals surface area (Å²) in [6.07, 6.45) is 5.81. The molecular formula is C15H23N3O. The Bertz CT molecular complexity index is 414. The molecule has 2 heterocycles. The van der Waals surface area contributed by atoms with E-state index in [0.717, 1.165) is 30.8 Å². The fraction of sp³-hybridized carbons (Fsp3) is 0.600. The van der Waals surface area contributed by atoms with Gasteiger partial charge in [-0.05, 0) is 56.8 Å². The SMILES string of the molecule is Cc1cccnc1CNC(=O)CCC1CCNCC1. The lowest BCUT2D eigenvalue weighted by Gasteiger charge is -2.22. The second-order valence-corrected chi connectivity index (χ2v) is 5.28. The number of hydrogen-bond acceptors (Lipinski definition) is 3. The lowest BCUT2D eigenvalue weighted by molar-refractivity contribution is -0.121. The minimum absolute atomic E-state index is 0.142. The first-order chi connectivity index (χ1) is 9.25. The van der Waals surface area contributed by atoms with E-state index in [0.29, 0.717) is 18.9 Å². The summed E-state index contributed by atoms with van der Waals surface area (Å²) < 4.78 is 0. The van der Waals surface area contributed by atoms with Crippen molar-refractivity contribution in [1.82, 2.24) is 15.6 Å². The van der Waals surface area contributed by atoms with Gasteiger partial charge in [-0.1, -0.05) is 6.07 Å². The summed E-state index contributed by atoms with van der Waals surface area (Å²) in [7, 11) is 0. The molecule has 4 heteroatoms. The lowest BCUT2D eigenvalue weighted by atomic mass is 9.93. The maximum Gasteiger partial charge on any atom is 0.220 e. The highest BCUT2D eigenvalue weighted by Gasteiger charge is 2.14. The van der Waals surface area contributed by atoms with Gasteiger partial charge >= 0.3 is 0 Å². The van der Waals surface area contributed by atoms with Crippen molar-refractivity contribution in [1.29, 1.82) is 0 Å². The molecule has 0 atom stereocenters. The van der Waals surface area contributed by atoms with Crippen LogP contribution in [0.15, 0.2) is 18.3 Å². The van der Waals surface area contributed by atoms with E-state index in [1.807, 2.05) is 19.1 Å². The summed E-state index contributed by atoms with van der Waals surface area (Å²) in [5.74, 6) is 0.854. The molecular weight excluding hydrogens is 238 g/mol. The van der Waals surface area contributed by atoms with Crippen LogP contribution >= 0.6 is 0 Å². The highest BCUT2D eigenvalue weighted by molar-refractivity contribution is 5.75. The molecule has 4 nitrogen and oxygen atoms in total. The molecule has 2 rings (SSSR count). The molecule has 0 saturated carbocycles. The number of amides is 1. The van der Waals surface area contributed by atoms with Crippen LogP contribution in [0.1, 0.15) is 36.9 Å². The summed E-state index contributed by atoms with van der Waals surface area (Å²) in [5, 5.41) is 6.31. The summed E-state index contributed by atoms with van der Waals surface area (Å²) in [6, 6.07) is 3.93. The largest absolute Gasteiger partial charge is 0.350 e. The topological polar surface area (TPSA) is 54.0 Å². The molecule has 104 valence electrons. The number of aryl methyl sites for hydroxylation is 1. The number of hydrogen-bond donors (Lipinski definition) is 2. The predicted molar refractivity (Wildman–Crippen MR) is 75.6 cm³/mol. The number of nitrogens with zero attached hydrogens (tertiary/aromatic N) is 1. The van der Waals surface area contributed by atoms with Gasteiger partial charge in [0.15, 0.2) is 0 Å². The molecule has 1 amide bonds. The average Bonchev–Trinajstić information content (AvgIpc) is 2.45. The van der Waals surface area contributed by atoms with Crippen molar-refractivity contribution in [2.75, 3.05) is 13.1 Å². The first-order valence-electron chi connectivity index (χ1n) is 7.13. The zero-order valence-electron chi connectivity index (χ0n) is 11.6. The van der Waals surface area contributed by atoms with Gasteiger partial charge in [0, 0.05) is 12.6 Å². The van der Waals surface area contributed by atoms with Crippen LogP contribution in [0.3, 0.4) is 0 Å². The maximum absolute atomic E-state index is 11.8. The lowest BCUT2D eigenvalue weighted by Crippen LogP contribution is -2.29. The Morgan fingerprint density at radius 1 is 1.47 bits per heavy atom. The van der Waals surface area contributed by atoms with Gasteiger partial charge < -0.3 is 10.6 Å². The summed E-state index contributed by atoms with van der Waals surface area (Å²) >= 11 is 0. The van der Waals surface area contributed by atoms with Crippen LogP contribution in [0.25, 0.3) is 0 Å². The average molecular weight is 261 g/mol. The van der Waals surface area contributed by atoms with Crippen molar-refractivity contribution >= 4 is 5.91 Å². The molecule has 0 unspecified atom stereocenters. The highest BCUT2D eigenvalue weighted by Crippen LogP contribution is 2.17. The van der Waals surface area contributed by atoms with Gasteiger partial charge in [-0.2, -0.15) is 0 Å². The highest BCUT2D eigenvalue weighted by atomic mass is 16.1. The van der Waals surface area contributed by atoms with Crippen LogP contribution in [-0.2, 0) is 11.3 Å². The number of nitrogens with one attached hydrogen (secondary N) is 2. The molecule has 0 aliphatic carbocycles. The Morgan fingerprint density at radius 2 is 2.26 bits per heavy atom. The fourth-order valence-electron chi connectivity index (χ4n) is 2.48. The molecule has 0 bridgehead atoms. The fourth-order valence-corrected chi connectivity index (χ4v) is 2.48. The second kappa shape index (κ2) is 7.24. The summed E-state index contributed by atoms with van der Waals surface area (Å²) in [6.45, 7) is 4.75. The molecule has 19 heavy (non-hydrogen) atoms. The van der Waals surface area contributed by atoms with Crippen molar-refractivity contribution in [3.63, 3.8) is 0 Å². The Hall–Kier alpha value is -1.42. The minimum Gasteiger partial charge on any atom is -0.350 e. The second-order valence-electron chi connectivity index (χ2n) is 5.28. The van der Waals surface area contributed by atoms with Gasteiger partial charge in [-0.3, -0.25) is 9.78 Å². The van der Waals surface area contributed by atoms with Crippen LogP contribution in [0, 0.1) is 12.8 Å². The van der Waals surface area contributed by atoms with Gasteiger partial charge in [-0.15, -0.1) is 0 Å². The third-order valence-electron chi connectivity index (χ3n) is 3.81. The molecule has 1 aromatic heterocycles. The van der Waals surface area contributed by atoms with Crippen LogP contribution in [0.5, 0.6) is 0 Å². The molecule has 1 aromatic rings. The van der Waals surface area contributed by atoms with E-state index in [9.17, 15) is 4.79 Å². The first-order valence-corrected chi connectivity index (χ1v) is 7.13. The summed E-state index contributed by atoms with van der Waals surface area (Å²) in [5.41, 5.74) is 2.08. The normalized spacial score (nSPS) is 16.3. The van der Waals surface area contributed by atoms with Gasteiger partial charge in [0.2, 0.25) is 5.91 Å². The number of aromatic nitrogens is 1. The van der Waals surface area contributed by atoms with Crippen LogP contribution < -0.4 is 10.6 Å². The first kappa shape index (κ1) is 14.0. The number of rotatable bonds is 5. The van der Waals surface area contributed by atoms with E-state index in [1.165, 1.54) is 12.8 Å². The quantitative estimate of drug-likeness (QED) is 0.849. The van der Waals surface area contributed by atoms with E-state index in [-0.39, 0.29) is 5.91 Å². The molecule has 0 radical (unpaired) electrons. The molecule has 2 N–H and O–H groups in total. The van der Waals surface area contributed by atoms with Crippen LogP contribution in [0.2, 0.25) is 0 Å². The van der Waals surface area contributed by atoms with Gasteiger partial charge in [-0.25, -0.2) is 0 Å². The molecule has 0 spiro atoms. The van der Waals surface area contributed by atoms with E-state index >= 15 is 0 Å². The van der Waals surface area contributed by atoms with Crippen molar-refractivity contribution < 1.29 is 4.79 Å². The third-order valence-corrected chi connectivity index (χ3v) is 3.81. The van der Waals surface area contributed by atoms with E-state index < -0.39 is 0 Å². The predicted octanol–water partition coefficient (Wildman–Crippen LogP) is 1.79. The number of piperidine rings is 1. The Kier molecular flexibility index (Phi) is 5.33. The smallest absolute Gasteiger partial charge is 0.220 e. The van der Waals surface area contributed by atoms with Gasteiger partial charge in [0.25, 0.3) is 0 Å². The third kappa shape index (κ3) is 4.63. The number of carbonyl (C=O) groups is 1. The van der Waals surface area contributed by atoms with Crippen molar-refractivity contribution in [3.05, 3.63) is 29.6 Å². The molecule has 1 aliphatic rings. The Morgan fingerprint density at radius 3 is 3.00 bits per heavy atom. The van der Waals surface area contributed by atoms with Gasteiger partial charge in [0.1, 0.15) is 0 Å². The van der Waals surface area contributed by atoms with Crippen molar-refractivity contribution in [3.8, 4) is 0 Å². The number of carbonyl (C=O) groups excluding carboxylic acids is 1. The zero-order chi connectivity index (χ0) is 13.5.